The van der Waals surface area contributed by atoms with Crippen molar-refractivity contribution in [1.82, 2.24) is 9.97 Å². The highest BCUT2D eigenvalue weighted by Gasteiger charge is 2.24. The largest absolute Gasteiger partial charge is 0.473 e. The number of hydrogen-bond donors (Lipinski definition) is 1. The number of rotatable bonds is 3. The van der Waals surface area contributed by atoms with E-state index in [0.717, 1.165) is 25.7 Å². The zero-order valence-corrected chi connectivity index (χ0v) is 11.2. The van der Waals surface area contributed by atoms with E-state index >= 15 is 0 Å². The van der Waals surface area contributed by atoms with Gasteiger partial charge in [0.1, 0.15) is 10.6 Å². The molecular formula is C11H15BrN2O3. The van der Waals surface area contributed by atoms with Crippen LogP contribution in [0.3, 0.4) is 0 Å². The molecule has 6 heteroatoms. The Kier molecular flexibility index (Phi) is 4.17. The zero-order chi connectivity index (χ0) is 12.3. The number of methoxy groups -OCH3 is 1. The van der Waals surface area contributed by atoms with E-state index in [0.29, 0.717) is 10.4 Å². The number of hydrogen-bond acceptors (Lipinski definition) is 4. The summed E-state index contributed by atoms with van der Waals surface area (Å²) in [4.78, 5) is 17.9. The van der Waals surface area contributed by atoms with Crippen LogP contribution in [0.4, 0.5) is 0 Å². The van der Waals surface area contributed by atoms with Crippen molar-refractivity contribution in [3.05, 3.63) is 21.2 Å². The minimum atomic E-state index is -0.228. The van der Waals surface area contributed by atoms with Crippen molar-refractivity contribution < 1.29 is 9.47 Å². The number of nitrogens with zero attached hydrogens (tertiary/aromatic N) is 1. The third-order valence-electron chi connectivity index (χ3n) is 2.95. The summed E-state index contributed by atoms with van der Waals surface area (Å²) in [6, 6.07) is 0. The Morgan fingerprint density at radius 1 is 1.47 bits per heavy atom. The van der Waals surface area contributed by atoms with Gasteiger partial charge < -0.3 is 14.5 Å². The van der Waals surface area contributed by atoms with Gasteiger partial charge >= 0.3 is 0 Å². The monoisotopic (exact) mass is 302 g/mol. The van der Waals surface area contributed by atoms with E-state index in [1.165, 1.54) is 6.33 Å². The van der Waals surface area contributed by atoms with Crippen LogP contribution in [0.2, 0.25) is 0 Å². The van der Waals surface area contributed by atoms with Crippen LogP contribution in [0.25, 0.3) is 0 Å². The molecule has 2 unspecified atom stereocenters. The maximum Gasteiger partial charge on any atom is 0.268 e. The third-order valence-corrected chi connectivity index (χ3v) is 3.65. The summed E-state index contributed by atoms with van der Waals surface area (Å²) < 4.78 is 11.4. The first kappa shape index (κ1) is 12.6. The minimum Gasteiger partial charge on any atom is -0.473 e. The second-order valence-electron chi connectivity index (χ2n) is 4.11. The molecule has 2 rings (SSSR count). The van der Waals surface area contributed by atoms with E-state index in [1.54, 1.807) is 7.11 Å². The average Bonchev–Trinajstić information content (AvgIpc) is 2.35. The first-order valence-electron chi connectivity index (χ1n) is 5.63. The van der Waals surface area contributed by atoms with E-state index < -0.39 is 0 Å². The molecule has 1 aliphatic rings. The standard InChI is InChI=1S/C11H15BrN2O3/c1-16-7-3-2-4-8(5-7)17-11-9(12)10(15)13-6-14-11/h6-8H,2-5H2,1H3,(H,13,14,15). The Morgan fingerprint density at radius 2 is 2.24 bits per heavy atom. The quantitative estimate of drug-likeness (QED) is 0.926. The molecule has 1 aromatic heterocycles. The van der Waals surface area contributed by atoms with Crippen LogP contribution in [0.5, 0.6) is 5.88 Å². The topological polar surface area (TPSA) is 64.2 Å². The Morgan fingerprint density at radius 3 is 3.00 bits per heavy atom. The van der Waals surface area contributed by atoms with Gasteiger partial charge in [-0.05, 0) is 35.2 Å². The van der Waals surface area contributed by atoms with Crippen molar-refractivity contribution in [2.24, 2.45) is 0 Å². The fourth-order valence-corrected chi connectivity index (χ4v) is 2.34. The molecular weight excluding hydrogens is 288 g/mol. The van der Waals surface area contributed by atoms with Crippen molar-refractivity contribution >= 4 is 15.9 Å². The van der Waals surface area contributed by atoms with Gasteiger partial charge in [-0.15, -0.1) is 0 Å². The van der Waals surface area contributed by atoms with Gasteiger partial charge in [0.25, 0.3) is 5.56 Å². The van der Waals surface area contributed by atoms with Crippen molar-refractivity contribution in [3.63, 3.8) is 0 Å². The van der Waals surface area contributed by atoms with Gasteiger partial charge in [-0.2, -0.15) is 0 Å². The number of aromatic amines is 1. The predicted octanol–water partition coefficient (Wildman–Crippen LogP) is 1.87. The molecule has 1 saturated carbocycles. The molecule has 0 amide bonds. The third kappa shape index (κ3) is 3.07. The van der Waals surface area contributed by atoms with Crippen molar-refractivity contribution in [2.75, 3.05) is 7.11 Å². The van der Waals surface area contributed by atoms with Crippen molar-refractivity contribution in [1.29, 1.82) is 0 Å². The molecule has 17 heavy (non-hydrogen) atoms. The second kappa shape index (κ2) is 5.64. The summed E-state index contributed by atoms with van der Waals surface area (Å²) in [7, 11) is 1.72. The highest BCUT2D eigenvalue weighted by atomic mass is 79.9. The first-order chi connectivity index (χ1) is 8.20. The lowest BCUT2D eigenvalue weighted by molar-refractivity contribution is 0.0191. The molecule has 5 nitrogen and oxygen atoms in total. The Bertz CT molecular complexity index is 435. The number of ether oxygens (including phenoxy) is 2. The van der Waals surface area contributed by atoms with Crippen LogP contribution in [-0.2, 0) is 4.74 Å². The highest BCUT2D eigenvalue weighted by molar-refractivity contribution is 9.10. The van der Waals surface area contributed by atoms with Gasteiger partial charge in [0.2, 0.25) is 5.88 Å². The van der Waals surface area contributed by atoms with Gasteiger partial charge in [0.05, 0.1) is 12.4 Å². The summed E-state index contributed by atoms with van der Waals surface area (Å²) in [5.41, 5.74) is -0.228. The number of halogens is 1. The molecule has 0 aliphatic heterocycles. The summed E-state index contributed by atoms with van der Waals surface area (Å²) >= 11 is 3.18. The molecule has 1 aliphatic carbocycles. The van der Waals surface area contributed by atoms with Crippen LogP contribution >= 0.6 is 15.9 Å². The van der Waals surface area contributed by atoms with E-state index in [2.05, 4.69) is 25.9 Å². The molecule has 1 fully saturated rings. The molecule has 1 N–H and O–H groups in total. The second-order valence-corrected chi connectivity index (χ2v) is 4.91. The molecule has 94 valence electrons. The van der Waals surface area contributed by atoms with Crippen LogP contribution in [0, 0.1) is 0 Å². The smallest absolute Gasteiger partial charge is 0.268 e. The van der Waals surface area contributed by atoms with Gasteiger partial charge in [-0.1, -0.05) is 0 Å². The van der Waals surface area contributed by atoms with Gasteiger partial charge in [0, 0.05) is 13.5 Å². The molecule has 0 radical (unpaired) electrons. The number of H-pyrrole nitrogens is 1. The SMILES string of the molecule is COC1CCCC(Oc2nc[nH]c(=O)c2Br)C1. The van der Waals surface area contributed by atoms with E-state index in [-0.39, 0.29) is 17.8 Å². The van der Waals surface area contributed by atoms with Crippen LogP contribution in [0.15, 0.2) is 15.6 Å². The minimum absolute atomic E-state index is 0.0688. The lowest BCUT2D eigenvalue weighted by Crippen LogP contribution is -2.30. The summed E-state index contributed by atoms with van der Waals surface area (Å²) in [5, 5.41) is 0. The van der Waals surface area contributed by atoms with Crippen LogP contribution in [-0.4, -0.2) is 29.3 Å². The molecule has 0 bridgehead atoms. The Balaban J connectivity index is 2.05. The normalized spacial score (nSPS) is 24.6. The van der Waals surface area contributed by atoms with E-state index in [9.17, 15) is 4.79 Å². The summed E-state index contributed by atoms with van der Waals surface area (Å²) in [6.07, 6.45) is 5.62. The van der Waals surface area contributed by atoms with Crippen LogP contribution < -0.4 is 10.3 Å². The molecule has 1 heterocycles. The highest BCUT2D eigenvalue weighted by Crippen LogP contribution is 2.26. The first-order valence-corrected chi connectivity index (χ1v) is 6.42. The van der Waals surface area contributed by atoms with Gasteiger partial charge in [0.15, 0.2) is 0 Å². The fourth-order valence-electron chi connectivity index (χ4n) is 2.03. The molecule has 0 saturated heterocycles. The Hall–Kier alpha value is -0.880. The lowest BCUT2D eigenvalue weighted by atomic mass is 9.95. The van der Waals surface area contributed by atoms with Gasteiger partial charge in [-0.25, -0.2) is 4.98 Å². The van der Waals surface area contributed by atoms with E-state index in [1.807, 2.05) is 0 Å². The van der Waals surface area contributed by atoms with E-state index in [4.69, 9.17) is 9.47 Å². The summed E-state index contributed by atoms with van der Waals surface area (Å²) in [6.45, 7) is 0. The molecule has 0 spiro atoms. The summed E-state index contributed by atoms with van der Waals surface area (Å²) in [5.74, 6) is 0.357. The van der Waals surface area contributed by atoms with Crippen molar-refractivity contribution in [2.45, 2.75) is 37.9 Å². The zero-order valence-electron chi connectivity index (χ0n) is 9.61. The maximum atomic E-state index is 11.4. The molecule has 2 atom stereocenters. The molecule has 1 aromatic rings. The molecule has 0 aromatic carbocycles. The average molecular weight is 303 g/mol. The lowest BCUT2D eigenvalue weighted by Gasteiger charge is -2.28. The fraction of sp³-hybridized carbons (Fsp3) is 0.636. The number of nitrogens with one attached hydrogen (secondary N) is 1. The van der Waals surface area contributed by atoms with Gasteiger partial charge in [-0.3, -0.25) is 4.79 Å². The predicted molar refractivity (Wildman–Crippen MR) is 66.2 cm³/mol. The Labute approximate surface area is 108 Å². The van der Waals surface area contributed by atoms with Crippen LogP contribution in [0.1, 0.15) is 25.7 Å². The maximum absolute atomic E-state index is 11.4. The number of aromatic nitrogens is 2. The van der Waals surface area contributed by atoms with Crippen molar-refractivity contribution in [3.8, 4) is 5.88 Å².